The minimum Gasteiger partial charge on any atom is -0.383 e. The highest BCUT2D eigenvalue weighted by atomic mass is 35.5. The van der Waals surface area contributed by atoms with Gasteiger partial charge < -0.3 is 5.73 Å². The fourth-order valence-electron chi connectivity index (χ4n) is 1.86. The number of aromatic nitrogens is 2. The van der Waals surface area contributed by atoms with Crippen LogP contribution >= 0.6 is 11.6 Å². The summed E-state index contributed by atoms with van der Waals surface area (Å²) in [5.41, 5.74) is 7.62. The van der Waals surface area contributed by atoms with Gasteiger partial charge in [-0.15, -0.1) is 6.58 Å². The first-order valence-electron chi connectivity index (χ1n) is 6.02. The molecule has 1 rings (SSSR count). The molecule has 94 valence electrons. The summed E-state index contributed by atoms with van der Waals surface area (Å²) in [4.78, 5) is 8.23. The average Bonchev–Trinajstić information content (AvgIpc) is 2.30. The molecule has 1 unspecified atom stereocenters. The predicted molar refractivity (Wildman–Crippen MR) is 73.3 cm³/mol. The van der Waals surface area contributed by atoms with Gasteiger partial charge in [0.1, 0.15) is 5.82 Å². The van der Waals surface area contributed by atoms with Gasteiger partial charge in [0.15, 0.2) is 0 Å². The molecule has 17 heavy (non-hydrogen) atoms. The first-order chi connectivity index (χ1) is 8.10. The maximum atomic E-state index is 5.85. The standard InChI is InChI=1S/C13H20ClN3/c1-4-6-7-8-10(5-2)11-9(3)12(15)17-13(14)16-11/h5,10H,2,4,6-8H2,1,3H3,(H2,15,16,17). The van der Waals surface area contributed by atoms with Crippen molar-refractivity contribution in [2.24, 2.45) is 0 Å². The zero-order valence-corrected chi connectivity index (χ0v) is 11.3. The quantitative estimate of drug-likeness (QED) is 0.476. The maximum Gasteiger partial charge on any atom is 0.224 e. The third-order valence-electron chi connectivity index (χ3n) is 2.95. The van der Waals surface area contributed by atoms with E-state index in [1.807, 2.05) is 13.0 Å². The molecule has 0 aliphatic rings. The fraction of sp³-hybridized carbons (Fsp3) is 0.538. The number of halogens is 1. The summed E-state index contributed by atoms with van der Waals surface area (Å²) in [6.45, 7) is 7.99. The summed E-state index contributed by atoms with van der Waals surface area (Å²) >= 11 is 5.85. The zero-order valence-electron chi connectivity index (χ0n) is 10.5. The van der Waals surface area contributed by atoms with Crippen molar-refractivity contribution >= 4 is 17.4 Å². The topological polar surface area (TPSA) is 51.8 Å². The molecule has 1 aromatic rings. The van der Waals surface area contributed by atoms with Gasteiger partial charge in [-0.2, -0.15) is 0 Å². The average molecular weight is 254 g/mol. The van der Waals surface area contributed by atoms with Crippen LogP contribution in [0.1, 0.15) is 49.8 Å². The van der Waals surface area contributed by atoms with Crippen molar-refractivity contribution in [2.75, 3.05) is 5.73 Å². The van der Waals surface area contributed by atoms with E-state index in [4.69, 9.17) is 17.3 Å². The number of hydrogen-bond donors (Lipinski definition) is 1. The lowest BCUT2D eigenvalue weighted by Crippen LogP contribution is -2.07. The van der Waals surface area contributed by atoms with Crippen molar-refractivity contribution < 1.29 is 0 Å². The molecule has 0 saturated heterocycles. The molecule has 0 bridgehead atoms. The molecule has 0 fully saturated rings. The summed E-state index contributed by atoms with van der Waals surface area (Å²) in [6, 6.07) is 0. The molecule has 0 amide bonds. The van der Waals surface area contributed by atoms with Crippen LogP contribution in [-0.4, -0.2) is 9.97 Å². The van der Waals surface area contributed by atoms with E-state index in [1.165, 1.54) is 12.8 Å². The minimum absolute atomic E-state index is 0.212. The number of nitrogen functional groups attached to an aromatic ring is 1. The Morgan fingerprint density at radius 3 is 2.71 bits per heavy atom. The van der Waals surface area contributed by atoms with Crippen molar-refractivity contribution in [2.45, 2.75) is 45.4 Å². The van der Waals surface area contributed by atoms with Gasteiger partial charge in [-0.3, -0.25) is 0 Å². The van der Waals surface area contributed by atoms with Gasteiger partial charge in [-0.1, -0.05) is 32.3 Å². The van der Waals surface area contributed by atoms with Crippen LogP contribution in [0.15, 0.2) is 12.7 Å². The summed E-state index contributed by atoms with van der Waals surface area (Å²) in [5.74, 6) is 0.673. The molecule has 0 radical (unpaired) electrons. The molecule has 0 saturated carbocycles. The number of hydrogen-bond acceptors (Lipinski definition) is 3. The molecular formula is C13H20ClN3. The van der Waals surface area contributed by atoms with Crippen LogP contribution in [0.25, 0.3) is 0 Å². The van der Waals surface area contributed by atoms with Gasteiger partial charge in [0.2, 0.25) is 5.28 Å². The van der Waals surface area contributed by atoms with Crippen LogP contribution in [0.2, 0.25) is 5.28 Å². The second-order valence-corrected chi connectivity index (χ2v) is 4.56. The Labute approximate surface area is 108 Å². The van der Waals surface area contributed by atoms with Crippen molar-refractivity contribution in [1.82, 2.24) is 9.97 Å². The SMILES string of the molecule is C=CC(CCCCC)c1nc(Cl)nc(N)c1C. The molecule has 0 aliphatic heterocycles. The Balaban J connectivity index is 2.91. The summed E-state index contributed by atoms with van der Waals surface area (Å²) in [7, 11) is 0. The number of unbranched alkanes of at least 4 members (excludes halogenated alkanes) is 2. The Morgan fingerprint density at radius 2 is 2.12 bits per heavy atom. The molecule has 0 aliphatic carbocycles. The van der Waals surface area contributed by atoms with Crippen LogP contribution < -0.4 is 5.73 Å². The van der Waals surface area contributed by atoms with E-state index < -0.39 is 0 Å². The Kier molecular flexibility index (Phi) is 5.42. The van der Waals surface area contributed by atoms with Crippen LogP contribution in [-0.2, 0) is 0 Å². The molecule has 1 atom stereocenters. The third-order valence-corrected chi connectivity index (χ3v) is 3.12. The third kappa shape index (κ3) is 3.70. The number of rotatable bonds is 6. The normalized spacial score (nSPS) is 12.4. The van der Waals surface area contributed by atoms with Gasteiger partial charge >= 0.3 is 0 Å². The molecule has 1 heterocycles. The van der Waals surface area contributed by atoms with Crippen LogP contribution in [0.5, 0.6) is 0 Å². The highest BCUT2D eigenvalue weighted by Crippen LogP contribution is 2.27. The molecule has 3 nitrogen and oxygen atoms in total. The summed E-state index contributed by atoms with van der Waals surface area (Å²) < 4.78 is 0. The van der Waals surface area contributed by atoms with Gasteiger partial charge in [-0.05, 0) is 24.9 Å². The summed E-state index contributed by atoms with van der Waals surface area (Å²) in [5, 5.41) is 0.213. The van der Waals surface area contributed by atoms with Crippen molar-refractivity contribution in [1.29, 1.82) is 0 Å². The van der Waals surface area contributed by atoms with E-state index in [-0.39, 0.29) is 11.2 Å². The highest BCUT2D eigenvalue weighted by molar-refractivity contribution is 6.28. The minimum atomic E-state index is 0.212. The van der Waals surface area contributed by atoms with E-state index in [2.05, 4.69) is 23.5 Å². The molecular weight excluding hydrogens is 234 g/mol. The van der Waals surface area contributed by atoms with Gasteiger partial charge in [0, 0.05) is 11.5 Å². The van der Waals surface area contributed by atoms with E-state index in [9.17, 15) is 0 Å². The first kappa shape index (κ1) is 14.0. The molecule has 2 N–H and O–H groups in total. The number of nitrogens with zero attached hydrogens (tertiary/aromatic N) is 2. The molecule has 0 aromatic carbocycles. The molecule has 0 spiro atoms. The van der Waals surface area contributed by atoms with E-state index in [0.717, 1.165) is 24.1 Å². The lowest BCUT2D eigenvalue weighted by Gasteiger charge is -2.15. The number of allylic oxidation sites excluding steroid dienone is 1. The van der Waals surface area contributed by atoms with E-state index in [1.54, 1.807) is 0 Å². The summed E-state index contributed by atoms with van der Waals surface area (Å²) in [6.07, 6.45) is 6.53. The van der Waals surface area contributed by atoms with E-state index in [0.29, 0.717) is 5.82 Å². The van der Waals surface area contributed by atoms with Gasteiger partial charge in [0.25, 0.3) is 0 Å². The van der Waals surface area contributed by atoms with Crippen LogP contribution in [0.3, 0.4) is 0 Å². The van der Waals surface area contributed by atoms with Crippen LogP contribution in [0.4, 0.5) is 5.82 Å². The lowest BCUT2D eigenvalue weighted by molar-refractivity contribution is 0.617. The second kappa shape index (κ2) is 6.60. The Bertz CT molecular complexity index is 390. The lowest BCUT2D eigenvalue weighted by atomic mass is 9.95. The number of nitrogens with two attached hydrogens (primary N) is 1. The highest BCUT2D eigenvalue weighted by Gasteiger charge is 2.15. The Morgan fingerprint density at radius 1 is 1.41 bits per heavy atom. The predicted octanol–water partition coefficient (Wildman–Crippen LogP) is 3.87. The smallest absolute Gasteiger partial charge is 0.224 e. The molecule has 4 heteroatoms. The van der Waals surface area contributed by atoms with Crippen molar-refractivity contribution in [3.05, 3.63) is 29.2 Å². The molecule has 1 aromatic heterocycles. The zero-order chi connectivity index (χ0) is 12.8. The van der Waals surface area contributed by atoms with Crippen LogP contribution in [0, 0.1) is 6.92 Å². The fourth-order valence-corrected chi connectivity index (χ4v) is 2.05. The van der Waals surface area contributed by atoms with Crippen molar-refractivity contribution in [3.63, 3.8) is 0 Å². The first-order valence-corrected chi connectivity index (χ1v) is 6.40. The second-order valence-electron chi connectivity index (χ2n) is 4.23. The van der Waals surface area contributed by atoms with E-state index >= 15 is 0 Å². The number of anilines is 1. The van der Waals surface area contributed by atoms with Gasteiger partial charge in [-0.25, -0.2) is 9.97 Å². The monoisotopic (exact) mass is 253 g/mol. The Hall–Kier alpha value is -1.09. The largest absolute Gasteiger partial charge is 0.383 e. The van der Waals surface area contributed by atoms with Crippen molar-refractivity contribution in [3.8, 4) is 0 Å². The van der Waals surface area contributed by atoms with Gasteiger partial charge in [0.05, 0.1) is 5.69 Å². The maximum absolute atomic E-state index is 5.85.